The molecule has 1 rings (SSSR count). The lowest BCUT2D eigenvalue weighted by atomic mass is 10.1. The first kappa shape index (κ1) is 15.1. The fourth-order valence-electron chi connectivity index (χ4n) is 1.51. The summed E-state index contributed by atoms with van der Waals surface area (Å²) < 4.78 is 4.89. The van der Waals surface area contributed by atoms with Crippen molar-refractivity contribution < 1.29 is 19.2 Å². The number of nitrogens with one attached hydrogen (secondary N) is 1. The molecule has 6 heteroatoms. The molecule has 0 heterocycles. The predicted molar refractivity (Wildman–Crippen MR) is 69.1 cm³/mol. The molecule has 1 atom stereocenters. The maximum atomic E-state index is 11.9. The molecule has 104 valence electrons. The molecule has 0 aliphatic heterocycles. The molecule has 0 spiro atoms. The largest absolute Gasteiger partial charge is 0.464 e. The van der Waals surface area contributed by atoms with Crippen molar-refractivity contribution in [3.63, 3.8) is 0 Å². The van der Waals surface area contributed by atoms with Crippen LogP contribution in [0.2, 0.25) is 0 Å². The van der Waals surface area contributed by atoms with Crippen LogP contribution in [-0.2, 0) is 14.4 Å². The quantitative estimate of drug-likeness (QED) is 0.558. The second-order valence-electron chi connectivity index (χ2n) is 3.80. The number of esters is 1. The van der Waals surface area contributed by atoms with Gasteiger partial charge in [-0.1, -0.05) is 18.2 Å². The van der Waals surface area contributed by atoms with Gasteiger partial charge in [0.1, 0.15) is 6.04 Å². The van der Waals surface area contributed by atoms with Gasteiger partial charge in [-0.15, -0.1) is 0 Å². The number of hydrogen-bond donors (Lipinski definition) is 2. The number of carbonyl (C=O) groups is 2. The second kappa shape index (κ2) is 8.23. The maximum absolute atomic E-state index is 11.9. The first-order valence-corrected chi connectivity index (χ1v) is 6.03. The molecule has 0 saturated carbocycles. The van der Waals surface area contributed by atoms with E-state index in [4.69, 9.17) is 10.6 Å². The highest BCUT2D eigenvalue weighted by atomic mass is 16.6. The fraction of sp³-hybridized carbons (Fsp3) is 0.385. The fourth-order valence-corrected chi connectivity index (χ4v) is 1.51. The Balaban J connectivity index is 2.66. The third-order valence-corrected chi connectivity index (χ3v) is 2.44. The van der Waals surface area contributed by atoms with Crippen molar-refractivity contribution in [2.24, 2.45) is 5.90 Å². The number of amides is 1. The van der Waals surface area contributed by atoms with Crippen LogP contribution in [0.25, 0.3) is 0 Å². The van der Waals surface area contributed by atoms with E-state index in [0.29, 0.717) is 5.56 Å². The average molecular weight is 266 g/mol. The number of benzene rings is 1. The van der Waals surface area contributed by atoms with Crippen LogP contribution in [0.5, 0.6) is 0 Å². The van der Waals surface area contributed by atoms with Gasteiger partial charge in [0.05, 0.1) is 13.2 Å². The van der Waals surface area contributed by atoms with Crippen LogP contribution in [0.4, 0.5) is 0 Å². The molecule has 0 fully saturated rings. The Morgan fingerprint density at radius 3 is 2.58 bits per heavy atom. The monoisotopic (exact) mass is 266 g/mol. The zero-order chi connectivity index (χ0) is 14.1. The van der Waals surface area contributed by atoms with Crippen LogP contribution >= 0.6 is 0 Å². The van der Waals surface area contributed by atoms with E-state index in [2.05, 4.69) is 10.2 Å². The van der Waals surface area contributed by atoms with Crippen molar-refractivity contribution in [1.82, 2.24) is 5.32 Å². The Labute approximate surface area is 111 Å². The van der Waals surface area contributed by atoms with Crippen molar-refractivity contribution in [3.05, 3.63) is 35.9 Å². The summed E-state index contributed by atoms with van der Waals surface area (Å²) >= 11 is 0. The van der Waals surface area contributed by atoms with E-state index < -0.39 is 12.0 Å². The summed E-state index contributed by atoms with van der Waals surface area (Å²) in [6.07, 6.45) is 0.258. The number of hydrogen-bond acceptors (Lipinski definition) is 5. The summed E-state index contributed by atoms with van der Waals surface area (Å²) in [5.74, 6) is 4.09. The number of nitrogens with two attached hydrogens (primary N) is 1. The van der Waals surface area contributed by atoms with Crippen molar-refractivity contribution in [2.75, 3.05) is 13.2 Å². The highest BCUT2D eigenvalue weighted by Gasteiger charge is 2.22. The highest BCUT2D eigenvalue weighted by molar-refractivity contribution is 5.96. The normalized spacial score (nSPS) is 11.7. The van der Waals surface area contributed by atoms with E-state index in [1.54, 1.807) is 31.2 Å². The third kappa shape index (κ3) is 5.07. The van der Waals surface area contributed by atoms with Crippen LogP contribution in [0, 0.1) is 0 Å². The zero-order valence-electron chi connectivity index (χ0n) is 10.8. The van der Waals surface area contributed by atoms with Crippen LogP contribution in [-0.4, -0.2) is 31.1 Å². The Hall–Kier alpha value is -1.92. The van der Waals surface area contributed by atoms with Crippen LogP contribution in [0.15, 0.2) is 30.3 Å². The zero-order valence-corrected chi connectivity index (χ0v) is 10.8. The lowest BCUT2D eigenvalue weighted by Gasteiger charge is -2.16. The minimum Gasteiger partial charge on any atom is -0.464 e. The SMILES string of the molecule is CCOC(=O)C(CCON)NC(=O)c1ccccc1. The van der Waals surface area contributed by atoms with Gasteiger partial charge in [0.15, 0.2) is 0 Å². The first-order valence-electron chi connectivity index (χ1n) is 6.03. The molecule has 1 aromatic carbocycles. The summed E-state index contributed by atoms with van der Waals surface area (Å²) in [5.41, 5.74) is 0.477. The molecule has 0 bridgehead atoms. The molecule has 3 N–H and O–H groups in total. The second-order valence-corrected chi connectivity index (χ2v) is 3.80. The van der Waals surface area contributed by atoms with Gasteiger partial charge in [0.2, 0.25) is 0 Å². The number of rotatable bonds is 7. The van der Waals surface area contributed by atoms with Crippen molar-refractivity contribution in [2.45, 2.75) is 19.4 Å². The molecule has 1 aromatic rings. The molecular formula is C13H18N2O4. The van der Waals surface area contributed by atoms with E-state index >= 15 is 0 Å². The van der Waals surface area contributed by atoms with Gasteiger partial charge in [-0.2, -0.15) is 0 Å². The van der Waals surface area contributed by atoms with Crippen LogP contribution in [0.3, 0.4) is 0 Å². The lowest BCUT2D eigenvalue weighted by Crippen LogP contribution is -2.42. The van der Waals surface area contributed by atoms with Crippen molar-refractivity contribution in [3.8, 4) is 0 Å². The molecular weight excluding hydrogens is 248 g/mol. The number of carbonyl (C=O) groups excluding carboxylic acids is 2. The Morgan fingerprint density at radius 1 is 1.32 bits per heavy atom. The smallest absolute Gasteiger partial charge is 0.328 e. The van der Waals surface area contributed by atoms with Gasteiger partial charge < -0.3 is 14.9 Å². The number of ether oxygens (including phenoxy) is 1. The van der Waals surface area contributed by atoms with Crippen LogP contribution in [0.1, 0.15) is 23.7 Å². The van der Waals surface area contributed by atoms with E-state index in [1.807, 2.05) is 6.07 Å². The summed E-state index contributed by atoms with van der Waals surface area (Å²) in [4.78, 5) is 28.0. The van der Waals surface area contributed by atoms with Gasteiger partial charge in [-0.05, 0) is 19.1 Å². The molecule has 0 aliphatic carbocycles. The van der Waals surface area contributed by atoms with Crippen molar-refractivity contribution >= 4 is 11.9 Å². The van der Waals surface area contributed by atoms with E-state index in [-0.39, 0.29) is 25.5 Å². The maximum Gasteiger partial charge on any atom is 0.328 e. The topological polar surface area (TPSA) is 90.7 Å². The van der Waals surface area contributed by atoms with Gasteiger partial charge in [0, 0.05) is 12.0 Å². The van der Waals surface area contributed by atoms with E-state index in [1.165, 1.54) is 0 Å². The third-order valence-electron chi connectivity index (χ3n) is 2.44. The minimum atomic E-state index is -0.767. The van der Waals surface area contributed by atoms with E-state index in [0.717, 1.165) is 0 Å². The van der Waals surface area contributed by atoms with Gasteiger partial charge in [0.25, 0.3) is 5.91 Å². The summed E-state index contributed by atoms with van der Waals surface area (Å²) in [5, 5.41) is 2.60. The molecule has 1 unspecified atom stereocenters. The van der Waals surface area contributed by atoms with Gasteiger partial charge >= 0.3 is 5.97 Å². The average Bonchev–Trinajstić information content (AvgIpc) is 2.44. The summed E-state index contributed by atoms with van der Waals surface area (Å²) in [7, 11) is 0. The molecule has 19 heavy (non-hydrogen) atoms. The summed E-state index contributed by atoms with van der Waals surface area (Å²) in [6.45, 7) is 2.10. The molecule has 0 aliphatic rings. The first-order chi connectivity index (χ1) is 9.19. The Bertz CT molecular complexity index is 408. The molecule has 1 amide bonds. The highest BCUT2D eigenvalue weighted by Crippen LogP contribution is 2.02. The Morgan fingerprint density at radius 2 is 2.00 bits per heavy atom. The van der Waals surface area contributed by atoms with Crippen molar-refractivity contribution in [1.29, 1.82) is 0 Å². The molecule has 0 aromatic heterocycles. The molecule has 0 radical (unpaired) electrons. The predicted octanol–water partition coefficient (Wildman–Crippen LogP) is 0.629. The minimum absolute atomic E-state index is 0.151. The van der Waals surface area contributed by atoms with Gasteiger partial charge in [-0.25, -0.2) is 10.7 Å². The summed E-state index contributed by atoms with van der Waals surface area (Å²) in [6, 6.07) is 7.86. The Kier molecular flexibility index (Phi) is 6.56. The molecule has 0 saturated heterocycles. The van der Waals surface area contributed by atoms with E-state index in [9.17, 15) is 9.59 Å². The van der Waals surface area contributed by atoms with Crippen LogP contribution < -0.4 is 11.2 Å². The van der Waals surface area contributed by atoms with Gasteiger partial charge in [-0.3, -0.25) is 4.79 Å². The molecule has 6 nitrogen and oxygen atoms in total. The lowest BCUT2D eigenvalue weighted by molar-refractivity contribution is -0.145. The standard InChI is InChI=1S/C13H18N2O4/c1-2-18-13(17)11(8-9-19-14)15-12(16)10-6-4-3-5-7-10/h3-7,11H,2,8-9,14H2,1H3,(H,15,16).